The minimum atomic E-state index is -4.67. The Labute approximate surface area is 639 Å². The van der Waals surface area contributed by atoms with Crippen LogP contribution in [0, 0.1) is 0 Å². The van der Waals surface area contributed by atoms with E-state index in [0.717, 1.165) is 180 Å². The summed E-state index contributed by atoms with van der Waals surface area (Å²) >= 11 is 0. The number of unbranched alkanes of at least 4 members (excludes halogenated alkanes) is 21. The standard InChI is InChI=1S/C94H150NO8P/c1-6-8-10-12-14-16-18-20-22-24-26-28-30-32-34-36-38-40-42-44-46-47-49-51-53-55-57-59-61-63-65-67-69-71-73-75-77-79-81-83-85-87-94(97)103-92(91-102-104(98,99)101-89-88-95(3,4)5)90-100-93(96)86-84-82-80-78-76-74-72-70-68-66-64-62-60-58-56-54-52-50-48-45-43-41-39-37-35-33-31-29-27-25-23-21-19-17-15-13-11-9-7-2/h8-11,14-17,20-23,26-29,32-35,38-41,44-46,48-49,51-52,54-55,57,61,63,67,69,92H,6-7,12-13,18-19,24-25,30-31,36-37,42-43,47,50,53,56,58-60,62,64-66,68,70-91H2,1-5H3/b10-8-,11-9-,16-14-,17-15-,22-20-,23-21-,28-26-,29-27-,34-32-,35-33-,40-38-,41-39-,46-44-,48-45-,51-49-,54-52-,57-55-,63-61-,69-67-. The zero-order chi connectivity index (χ0) is 75.4. The van der Waals surface area contributed by atoms with E-state index in [4.69, 9.17) is 18.5 Å². The number of carbonyl (C=O) groups is 2. The molecule has 10 heteroatoms. The Balaban J connectivity index is 4.09. The highest BCUT2D eigenvalue weighted by Crippen LogP contribution is 2.38. The second kappa shape index (κ2) is 81.2. The molecule has 0 fully saturated rings. The zero-order valence-corrected chi connectivity index (χ0v) is 67.5. The zero-order valence-electron chi connectivity index (χ0n) is 66.6. The van der Waals surface area contributed by atoms with Crippen molar-refractivity contribution in [3.05, 3.63) is 231 Å². The number of ether oxygens (including phenoxy) is 2. The monoisotopic (exact) mass is 1450 g/mol. The summed E-state index contributed by atoms with van der Waals surface area (Å²) in [4.78, 5) is 38.2. The molecule has 104 heavy (non-hydrogen) atoms. The van der Waals surface area contributed by atoms with Crippen LogP contribution in [-0.4, -0.2) is 70.0 Å². The van der Waals surface area contributed by atoms with E-state index in [0.29, 0.717) is 17.4 Å². The molecule has 0 aromatic rings. The van der Waals surface area contributed by atoms with Gasteiger partial charge in [-0.15, -0.1) is 0 Å². The van der Waals surface area contributed by atoms with E-state index in [2.05, 4.69) is 245 Å². The van der Waals surface area contributed by atoms with Gasteiger partial charge < -0.3 is 27.9 Å². The number of allylic oxidation sites excluding steroid dienone is 38. The van der Waals surface area contributed by atoms with Crippen LogP contribution in [0.1, 0.15) is 296 Å². The average Bonchev–Trinajstić information content (AvgIpc) is 0.920. The van der Waals surface area contributed by atoms with Gasteiger partial charge in [-0.05, 0) is 161 Å². The fourth-order valence-electron chi connectivity index (χ4n) is 10.5. The van der Waals surface area contributed by atoms with Crippen LogP contribution in [0.4, 0.5) is 0 Å². The summed E-state index contributed by atoms with van der Waals surface area (Å²) in [5, 5.41) is 0. The summed E-state index contributed by atoms with van der Waals surface area (Å²) in [5.74, 6) is -0.857. The van der Waals surface area contributed by atoms with E-state index in [-0.39, 0.29) is 26.1 Å². The molecule has 0 aromatic carbocycles. The van der Waals surface area contributed by atoms with Crippen molar-refractivity contribution in [2.24, 2.45) is 0 Å². The van der Waals surface area contributed by atoms with Gasteiger partial charge in [0.25, 0.3) is 7.82 Å². The fourth-order valence-corrected chi connectivity index (χ4v) is 11.2. The highest BCUT2D eigenvalue weighted by Gasteiger charge is 2.22. The quantitative estimate of drug-likeness (QED) is 0.0195. The van der Waals surface area contributed by atoms with Crippen LogP contribution in [0.25, 0.3) is 0 Å². The summed E-state index contributed by atoms with van der Waals surface area (Å²) in [6.45, 7) is 3.99. The number of phosphoric ester groups is 1. The van der Waals surface area contributed by atoms with Gasteiger partial charge in [-0.1, -0.05) is 354 Å². The maximum absolute atomic E-state index is 12.9. The van der Waals surface area contributed by atoms with Crippen LogP contribution in [-0.2, 0) is 32.7 Å². The van der Waals surface area contributed by atoms with Crippen LogP contribution < -0.4 is 4.89 Å². The average molecular weight is 1450 g/mol. The lowest BCUT2D eigenvalue weighted by Crippen LogP contribution is -2.37. The number of carbonyl (C=O) groups excluding carboxylic acids is 2. The Bertz CT molecular complexity index is 2620. The third-order valence-corrected chi connectivity index (χ3v) is 17.6. The second-order valence-electron chi connectivity index (χ2n) is 27.7. The molecule has 0 aromatic heterocycles. The van der Waals surface area contributed by atoms with E-state index in [9.17, 15) is 19.0 Å². The highest BCUT2D eigenvalue weighted by atomic mass is 31.2. The molecule has 0 spiro atoms. The summed E-state index contributed by atoms with van der Waals surface area (Å²) in [7, 11) is 1.13. The van der Waals surface area contributed by atoms with Gasteiger partial charge in [0, 0.05) is 12.8 Å². The SMILES string of the molecule is CC/C=C\C/C=C\C/C=C\C/C=C\C/C=C\C/C=C\C/C=C\C/C=C\C/C=C\C/C=C\C/C=C\CCCCCCCCCC(=O)OC(COC(=O)CCCCCCCCCCCCCCCC/C=C\C/C=C\C/C=C\C/C=C\C/C=C\C/C=C\C/C=C\C/C=C\CC)COP(=O)([O-])OCC[N+](C)(C)C. The van der Waals surface area contributed by atoms with Crippen LogP contribution in [0.3, 0.4) is 0 Å². The highest BCUT2D eigenvalue weighted by molar-refractivity contribution is 7.45. The number of hydrogen-bond acceptors (Lipinski definition) is 8. The Morgan fingerprint density at radius 3 is 0.769 bits per heavy atom. The van der Waals surface area contributed by atoms with Crippen LogP contribution in [0.15, 0.2) is 231 Å². The molecule has 0 saturated carbocycles. The molecule has 0 radical (unpaired) electrons. The Morgan fingerprint density at radius 2 is 0.519 bits per heavy atom. The largest absolute Gasteiger partial charge is 0.756 e. The van der Waals surface area contributed by atoms with Gasteiger partial charge in [-0.25, -0.2) is 0 Å². The molecule has 0 aliphatic carbocycles. The molecule has 9 nitrogen and oxygen atoms in total. The number of rotatable bonds is 73. The summed E-state index contributed by atoms with van der Waals surface area (Å²) in [6, 6.07) is 0. The second-order valence-corrected chi connectivity index (χ2v) is 29.1. The molecule has 2 unspecified atom stereocenters. The first kappa shape index (κ1) is 98.1. The minimum Gasteiger partial charge on any atom is -0.756 e. The molecule has 0 heterocycles. The molecule has 0 saturated heterocycles. The van der Waals surface area contributed by atoms with Crippen molar-refractivity contribution in [2.45, 2.75) is 302 Å². The van der Waals surface area contributed by atoms with Gasteiger partial charge in [0.1, 0.15) is 19.8 Å². The number of phosphoric acid groups is 1. The van der Waals surface area contributed by atoms with E-state index >= 15 is 0 Å². The number of likely N-dealkylation sites (N-methyl/N-ethyl adjacent to an activating group) is 1. The van der Waals surface area contributed by atoms with Gasteiger partial charge in [-0.3, -0.25) is 14.2 Å². The lowest BCUT2D eigenvalue weighted by molar-refractivity contribution is -0.870. The van der Waals surface area contributed by atoms with Gasteiger partial charge in [0.2, 0.25) is 0 Å². The summed E-state index contributed by atoms with van der Waals surface area (Å²) < 4.78 is 34.4. The van der Waals surface area contributed by atoms with Crippen molar-refractivity contribution in [3.63, 3.8) is 0 Å². The number of nitrogens with zero attached hydrogens (tertiary/aromatic N) is 1. The minimum absolute atomic E-state index is 0.0439. The van der Waals surface area contributed by atoms with Gasteiger partial charge in [0.05, 0.1) is 27.7 Å². The molecular formula is C94H150NO8P. The molecule has 2 atom stereocenters. The maximum atomic E-state index is 12.9. The Hall–Kier alpha value is -5.93. The van der Waals surface area contributed by atoms with Crippen LogP contribution in [0.2, 0.25) is 0 Å². The first-order valence-corrected chi connectivity index (χ1v) is 42.6. The molecule has 0 aliphatic heterocycles. The Morgan fingerprint density at radius 1 is 0.298 bits per heavy atom. The molecule has 0 bridgehead atoms. The van der Waals surface area contributed by atoms with Gasteiger partial charge in [-0.2, -0.15) is 0 Å². The van der Waals surface area contributed by atoms with Crippen molar-refractivity contribution < 1.29 is 42.1 Å². The number of esters is 2. The third-order valence-electron chi connectivity index (χ3n) is 16.7. The topological polar surface area (TPSA) is 111 Å². The predicted octanol–water partition coefficient (Wildman–Crippen LogP) is 27.4. The fraction of sp³-hybridized carbons (Fsp3) is 0.574. The van der Waals surface area contributed by atoms with Crippen LogP contribution >= 0.6 is 7.82 Å². The van der Waals surface area contributed by atoms with E-state index < -0.39 is 32.5 Å². The van der Waals surface area contributed by atoms with Gasteiger partial charge >= 0.3 is 11.9 Å². The smallest absolute Gasteiger partial charge is 0.306 e. The van der Waals surface area contributed by atoms with Crippen molar-refractivity contribution >= 4 is 19.8 Å². The molecule has 584 valence electrons. The maximum Gasteiger partial charge on any atom is 0.306 e. The molecular weight excluding hydrogens is 1300 g/mol. The van der Waals surface area contributed by atoms with Crippen molar-refractivity contribution in [1.29, 1.82) is 0 Å². The molecule has 0 rings (SSSR count). The van der Waals surface area contributed by atoms with E-state index in [1.807, 2.05) is 21.1 Å². The van der Waals surface area contributed by atoms with Gasteiger partial charge in [0.15, 0.2) is 6.10 Å². The van der Waals surface area contributed by atoms with Crippen molar-refractivity contribution in [3.8, 4) is 0 Å². The first-order valence-electron chi connectivity index (χ1n) is 41.1. The lowest BCUT2D eigenvalue weighted by atomic mass is 10.0. The molecule has 0 aliphatic rings. The molecule has 0 N–H and O–H groups in total. The number of quaternary nitrogens is 1. The van der Waals surface area contributed by atoms with Crippen molar-refractivity contribution in [2.75, 3.05) is 47.5 Å². The lowest BCUT2D eigenvalue weighted by Gasteiger charge is -2.28. The first-order chi connectivity index (χ1) is 51.0. The Kier molecular flexibility index (Phi) is 76.5. The summed E-state index contributed by atoms with van der Waals surface area (Å²) in [5.41, 5.74) is 0. The normalized spacial score (nSPS) is 14.2. The van der Waals surface area contributed by atoms with Crippen LogP contribution in [0.5, 0.6) is 0 Å². The van der Waals surface area contributed by atoms with E-state index in [1.54, 1.807) is 0 Å². The van der Waals surface area contributed by atoms with E-state index in [1.165, 1.54) is 83.5 Å². The summed E-state index contributed by atoms with van der Waals surface area (Å²) in [6.07, 6.45) is 130. The number of hydrogen-bond donors (Lipinski definition) is 0. The molecule has 0 amide bonds. The predicted molar refractivity (Wildman–Crippen MR) is 451 cm³/mol. The van der Waals surface area contributed by atoms with Crippen molar-refractivity contribution in [1.82, 2.24) is 0 Å². The third kappa shape index (κ3) is 85.0.